The van der Waals surface area contributed by atoms with E-state index in [0.717, 1.165) is 39.0 Å². The summed E-state index contributed by atoms with van der Waals surface area (Å²) in [7, 11) is 3.76. The highest BCUT2D eigenvalue weighted by atomic mass is 32.1. The van der Waals surface area contributed by atoms with Gasteiger partial charge in [-0.25, -0.2) is 0 Å². The van der Waals surface area contributed by atoms with E-state index < -0.39 is 0 Å². The summed E-state index contributed by atoms with van der Waals surface area (Å²) >= 11 is 1.89. The molecule has 0 spiro atoms. The van der Waals surface area contributed by atoms with Crippen molar-refractivity contribution in [3.8, 4) is 0 Å². The summed E-state index contributed by atoms with van der Waals surface area (Å²) in [4.78, 5) is 16.3. The molecule has 6 nitrogen and oxygen atoms in total. The van der Waals surface area contributed by atoms with Crippen molar-refractivity contribution in [1.29, 1.82) is 0 Å². The molecule has 31 heavy (non-hydrogen) atoms. The number of hydrogen-bond donors (Lipinski definition) is 2. The van der Waals surface area contributed by atoms with E-state index in [2.05, 4.69) is 37.6 Å². The predicted molar refractivity (Wildman–Crippen MR) is 134 cm³/mol. The third kappa shape index (κ3) is 6.12. The fraction of sp³-hybridized carbons (Fsp3) is 0.435. The minimum atomic E-state index is -0.0574. The standard InChI is InChI=1S/C23H33BN4O2S/c1-4-18(30-3)14-21-20(25)5-6-22(29)28(21)12-11-27-9-7-17(8-10-27)26-15-19-13-16(2)23(24)31-19/h4-6,13-14,17,26H,1,7-12,15,24-25H2,2-3H3/b18-14+. The highest BCUT2D eigenvalue weighted by molar-refractivity contribution is 7.20. The molecule has 3 heterocycles. The van der Waals surface area contributed by atoms with Crippen molar-refractivity contribution in [2.24, 2.45) is 0 Å². The van der Waals surface area contributed by atoms with Crippen LogP contribution in [0.15, 0.2) is 41.4 Å². The molecule has 0 aromatic carbocycles. The number of nitrogen functional groups attached to an aromatic ring is 1. The van der Waals surface area contributed by atoms with Gasteiger partial charge in [-0.15, -0.1) is 0 Å². The quantitative estimate of drug-likeness (QED) is 0.351. The largest absolute Gasteiger partial charge is 0.497 e. The van der Waals surface area contributed by atoms with Gasteiger partial charge in [-0.05, 0) is 61.4 Å². The SMILES string of the molecule is Bc1sc(CNC2CCN(CCn3c(/C=C(\C=C)OC)c(N)ccc3=O)CC2)cc1C. The van der Waals surface area contributed by atoms with Crippen molar-refractivity contribution < 1.29 is 4.74 Å². The van der Waals surface area contributed by atoms with Gasteiger partial charge in [0.05, 0.1) is 18.5 Å². The molecule has 2 aromatic rings. The van der Waals surface area contributed by atoms with E-state index in [4.69, 9.17) is 10.5 Å². The van der Waals surface area contributed by atoms with Crippen LogP contribution in [0.25, 0.3) is 6.08 Å². The van der Waals surface area contributed by atoms with Crippen LogP contribution in [-0.2, 0) is 17.8 Å². The van der Waals surface area contributed by atoms with Gasteiger partial charge in [0.1, 0.15) is 5.76 Å². The molecule has 1 fully saturated rings. The number of nitrogens with two attached hydrogens (primary N) is 1. The van der Waals surface area contributed by atoms with Gasteiger partial charge in [-0.2, -0.15) is 11.3 Å². The maximum Gasteiger partial charge on any atom is 0.251 e. The molecule has 166 valence electrons. The van der Waals surface area contributed by atoms with Gasteiger partial charge in [-0.1, -0.05) is 6.58 Å². The van der Waals surface area contributed by atoms with Gasteiger partial charge in [0.2, 0.25) is 0 Å². The fourth-order valence-corrected chi connectivity index (χ4v) is 4.93. The fourth-order valence-electron chi connectivity index (χ4n) is 3.92. The van der Waals surface area contributed by atoms with E-state index in [1.807, 2.05) is 11.3 Å². The number of methoxy groups -OCH3 is 1. The number of allylic oxidation sites excluding steroid dienone is 1. The summed E-state index contributed by atoms with van der Waals surface area (Å²) in [6.07, 6.45) is 5.62. The third-order valence-corrected chi connectivity index (χ3v) is 7.14. The highest BCUT2D eigenvalue weighted by Crippen LogP contribution is 2.17. The van der Waals surface area contributed by atoms with Crippen LogP contribution in [0.4, 0.5) is 5.69 Å². The minimum Gasteiger partial charge on any atom is -0.497 e. The number of pyridine rings is 1. The average Bonchev–Trinajstić information content (AvgIpc) is 3.10. The molecule has 0 bridgehead atoms. The Labute approximate surface area is 189 Å². The van der Waals surface area contributed by atoms with Crippen LogP contribution < -0.4 is 21.4 Å². The molecule has 0 radical (unpaired) electrons. The van der Waals surface area contributed by atoms with E-state index >= 15 is 0 Å². The molecule has 2 aromatic heterocycles. The molecule has 0 amide bonds. The van der Waals surface area contributed by atoms with Gasteiger partial charge in [-0.3, -0.25) is 4.79 Å². The lowest BCUT2D eigenvalue weighted by molar-refractivity contribution is 0.190. The number of piperidine rings is 1. The molecule has 0 unspecified atom stereocenters. The zero-order chi connectivity index (χ0) is 22.4. The number of rotatable bonds is 9. The van der Waals surface area contributed by atoms with Crippen LogP contribution in [0.5, 0.6) is 0 Å². The Balaban J connectivity index is 1.55. The minimum absolute atomic E-state index is 0.0574. The Morgan fingerprint density at radius 3 is 2.74 bits per heavy atom. The monoisotopic (exact) mass is 440 g/mol. The molecule has 1 aliphatic heterocycles. The summed E-state index contributed by atoms with van der Waals surface area (Å²) in [6, 6.07) is 6.01. The van der Waals surface area contributed by atoms with Crippen molar-refractivity contribution in [2.75, 3.05) is 32.5 Å². The first kappa shape index (κ1) is 23.4. The second kappa shape index (κ2) is 10.8. The van der Waals surface area contributed by atoms with Crippen molar-refractivity contribution in [3.63, 3.8) is 0 Å². The number of anilines is 1. The van der Waals surface area contributed by atoms with Crippen LogP contribution in [0.3, 0.4) is 0 Å². The van der Waals surface area contributed by atoms with Crippen molar-refractivity contribution >= 4 is 35.7 Å². The average molecular weight is 440 g/mol. The molecule has 3 rings (SSSR count). The summed E-state index contributed by atoms with van der Waals surface area (Å²) in [5.41, 5.74) is 8.70. The molecule has 0 saturated carbocycles. The first-order chi connectivity index (χ1) is 14.9. The Morgan fingerprint density at radius 1 is 1.39 bits per heavy atom. The number of hydrogen-bond acceptors (Lipinski definition) is 6. The third-order valence-electron chi connectivity index (χ3n) is 5.98. The van der Waals surface area contributed by atoms with Crippen molar-refractivity contribution in [2.45, 2.75) is 38.9 Å². The van der Waals surface area contributed by atoms with E-state index in [-0.39, 0.29) is 5.56 Å². The van der Waals surface area contributed by atoms with Crippen LogP contribution in [-0.4, -0.2) is 50.1 Å². The first-order valence-corrected chi connectivity index (χ1v) is 11.6. The van der Waals surface area contributed by atoms with E-state index in [1.54, 1.807) is 29.9 Å². The lowest BCUT2D eigenvalue weighted by Crippen LogP contribution is -2.43. The summed E-state index contributed by atoms with van der Waals surface area (Å²) in [5.74, 6) is 0.578. The predicted octanol–water partition coefficient (Wildman–Crippen LogP) is 1.49. The van der Waals surface area contributed by atoms with Crippen LogP contribution in [0, 0.1) is 6.92 Å². The highest BCUT2D eigenvalue weighted by Gasteiger charge is 2.19. The number of aromatic nitrogens is 1. The summed E-state index contributed by atoms with van der Waals surface area (Å²) < 4.78 is 8.41. The number of aryl methyl sites for hydroxylation is 1. The van der Waals surface area contributed by atoms with Crippen molar-refractivity contribution in [3.05, 3.63) is 63.1 Å². The zero-order valence-electron chi connectivity index (χ0n) is 18.8. The summed E-state index contributed by atoms with van der Waals surface area (Å²) in [6.45, 7) is 10.3. The number of thiophene rings is 1. The molecule has 0 atom stereocenters. The Bertz CT molecular complexity index is 970. The second-order valence-electron chi connectivity index (χ2n) is 8.07. The number of nitrogens with one attached hydrogen (secondary N) is 1. The zero-order valence-corrected chi connectivity index (χ0v) is 19.6. The molecular formula is C23H33BN4O2S. The molecule has 1 aliphatic rings. The maximum absolute atomic E-state index is 12.5. The molecule has 3 N–H and O–H groups in total. The van der Waals surface area contributed by atoms with E-state index in [9.17, 15) is 4.79 Å². The molecule has 0 aliphatic carbocycles. The summed E-state index contributed by atoms with van der Waals surface area (Å²) in [5, 5.41) is 3.71. The Kier molecular flexibility index (Phi) is 8.18. The smallest absolute Gasteiger partial charge is 0.251 e. The van der Waals surface area contributed by atoms with E-state index in [0.29, 0.717) is 29.7 Å². The number of nitrogens with zero attached hydrogens (tertiary/aromatic N) is 2. The Morgan fingerprint density at radius 2 is 2.13 bits per heavy atom. The maximum atomic E-state index is 12.5. The number of ether oxygens (including phenoxy) is 1. The lowest BCUT2D eigenvalue weighted by atomic mass is 10.0. The second-order valence-corrected chi connectivity index (χ2v) is 9.41. The van der Waals surface area contributed by atoms with Gasteiger partial charge in [0.15, 0.2) is 7.85 Å². The first-order valence-electron chi connectivity index (χ1n) is 10.8. The van der Waals surface area contributed by atoms with Crippen LogP contribution in [0.2, 0.25) is 0 Å². The van der Waals surface area contributed by atoms with Gasteiger partial charge < -0.3 is 25.3 Å². The van der Waals surface area contributed by atoms with Crippen LogP contribution >= 0.6 is 11.3 Å². The van der Waals surface area contributed by atoms with Crippen LogP contribution in [0.1, 0.15) is 29.0 Å². The Hall–Kier alpha value is -2.29. The lowest BCUT2D eigenvalue weighted by Gasteiger charge is -2.32. The normalized spacial score (nSPS) is 15.9. The van der Waals surface area contributed by atoms with Gasteiger partial charge in [0.25, 0.3) is 5.56 Å². The van der Waals surface area contributed by atoms with Gasteiger partial charge >= 0.3 is 0 Å². The number of likely N-dealkylation sites (tertiary alicyclic amines) is 1. The van der Waals surface area contributed by atoms with Gasteiger partial charge in [0, 0.05) is 42.7 Å². The molecular weight excluding hydrogens is 407 g/mol. The topological polar surface area (TPSA) is 72.5 Å². The molecule has 1 saturated heterocycles. The molecule has 8 heteroatoms. The van der Waals surface area contributed by atoms with E-state index in [1.165, 1.54) is 21.3 Å². The van der Waals surface area contributed by atoms with Crippen molar-refractivity contribution in [1.82, 2.24) is 14.8 Å².